The summed E-state index contributed by atoms with van der Waals surface area (Å²) in [5.74, 6) is -2.05. The van der Waals surface area contributed by atoms with Gasteiger partial charge in [0.2, 0.25) is 5.91 Å². The Kier molecular flexibility index (Phi) is 5.84. The van der Waals surface area contributed by atoms with E-state index in [1.54, 1.807) is 41.3 Å². The third-order valence-electron chi connectivity index (χ3n) is 5.36. The predicted octanol–water partition coefficient (Wildman–Crippen LogP) is 5.17. The van der Waals surface area contributed by atoms with E-state index in [1.807, 2.05) is 0 Å². The highest BCUT2D eigenvalue weighted by Crippen LogP contribution is 2.40. The summed E-state index contributed by atoms with van der Waals surface area (Å²) in [6.07, 6.45) is 0.179. The molecule has 0 radical (unpaired) electrons. The fraction of sp³-hybridized carbons (Fsp3) is 0.208. The first kappa shape index (κ1) is 20.8. The molecule has 0 aliphatic carbocycles. The molecule has 4 nitrogen and oxygen atoms in total. The lowest BCUT2D eigenvalue weighted by Gasteiger charge is -2.35. The number of halogens is 3. The maximum absolute atomic E-state index is 14.1. The number of carbonyl (C=O) groups excluding carboxylic acids is 1. The van der Waals surface area contributed by atoms with Gasteiger partial charge in [-0.2, -0.15) is 0 Å². The fourth-order valence-corrected chi connectivity index (χ4v) is 3.84. The summed E-state index contributed by atoms with van der Waals surface area (Å²) in [4.78, 5) is 14.3. The number of ether oxygens (including phenoxy) is 1. The lowest BCUT2D eigenvalue weighted by Crippen LogP contribution is -2.36. The normalized spacial score (nSPS) is 15.7. The summed E-state index contributed by atoms with van der Waals surface area (Å²) in [5, 5.41) is 0. The zero-order valence-corrected chi connectivity index (χ0v) is 16.6. The van der Waals surface area contributed by atoms with Crippen LogP contribution in [0.25, 0.3) is 0 Å². The maximum atomic E-state index is 14.1. The fourth-order valence-electron chi connectivity index (χ4n) is 3.84. The number of carbonyl (C=O) groups is 1. The van der Waals surface area contributed by atoms with Gasteiger partial charge in [-0.15, -0.1) is 0 Å². The van der Waals surface area contributed by atoms with Crippen LogP contribution in [0.4, 0.5) is 18.9 Å². The number of amides is 1. The monoisotopic (exact) mass is 426 g/mol. The Bertz CT molecular complexity index is 1070. The number of hydrogen-bond donors (Lipinski definition) is 1. The second-order valence-electron chi connectivity index (χ2n) is 7.47. The van der Waals surface area contributed by atoms with Crippen LogP contribution in [-0.2, 0) is 4.79 Å². The molecule has 2 N–H and O–H groups in total. The van der Waals surface area contributed by atoms with Crippen molar-refractivity contribution in [3.05, 3.63) is 95.3 Å². The molecule has 3 aromatic carbocycles. The van der Waals surface area contributed by atoms with Crippen LogP contribution in [0.1, 0.15) is 36.1 Å². The second kappa shape index (κ2) is 8.71. The van der Waals surface area contributed by atoms with Crippen molar-refractivity contribution in [2.45, 2.75) is 25.0 Å². The first-order chi connectivity index (χ1) is 14.9. The molecule has 1 aliphatic heterocycles. The third kappa shape index (κ3) is 4.50. The molecule has 160 valence electrons. The number of likely N-dealkylation sites (tertiary alicyclic amines) is 1. The topological polar surface area (TPSA) is 55.6 Å². The van der Waals surface area contributed by atoms with Gasteiger partial charge in [0.25, 0.3) is 0 Å². The Labute approximate surface area is 178 Å². The lowest BCUT2D eigenvalue weighted by atomic mass is 9.94. The number of nitrogens with zero attached hydrogens (tertiary/aromatic N) is 1. The molecule has 0 spiro atoms. The summed E-state index contributed by atoms with van der Waals surface area (Å²) in [6, 6.07) is 15.2. The van der Waals surface area contributed by atoms with Crippen molar-refractivity contribution in [2.75, 3.05) is 12.3 Å². The van der Waals surface area contributed by atoms with Crippen LogP contribution in [-0.4, -0.2) is 17.4 Å². The van der Waals surface area contributed by atoms with Crippen molar-refractivity contribution < 1.29 is 22.7 Å². The summed E-state index contributed by atoms with van der Waals surface area (Å²) in [7, 11) is 0. The number of nitrogens with two attached hydrogens (primary N) is 1. The Morgan fingerprint density at radius 2 is 1.55 bits per heavy atom. The standard InChI is InChI=1S/C24H21F3N2O2/c25-17-6-3-15(4-7-17)23(29-13-1-2-22(29)30)24(16-5-12-20(26)21(27)14-16)31-19-10-8-18(28)9-11-19/h3-12,14,23-24H,1-2,13,28H2/t23-,24-/m0/s1. The first-order valence-electron chi connectivity index (χ1n) is 9.94. The average molecular weight is 426 g/mol. The highest BCUT2D eigenvalue weighted by Gasteiger charge is 2.37. The van der Waals surface area contributed by atoms with Gasteiger partial charge in [-0.05, 0) is 66.1 Å². The Morgan fingerprint density at radius 3 is 2.16 bits per heavy atom. The van der Waals surface area contributed by atoms with E-state index in [1.165, 1.54) is 18.2 Å². The van der Waals surface area contributed by atoms with E-state index < -0.39 is 29.6 Å². The van der Waals surface area contributed by atoms with E-state index in [0.717, 1.165) is 12.1 Å². The minimum Gasteiger partial charge on any atom is -0.483 e. The number of hydrogen-bond acceptors (Lipinski definition) is 3. The van der Waals surface area contributed by atoms with Gasteiger partial charge in [0, 0.05) is 18.7 Å². The Balaban J connectivity index is 1.83. The molecule has 1 heterocycles. The smallest absolute Gasteiger partial charge is 0.223 e. The number of nitrogen functional groups attached to an aromatic ring is 1. The molecule has 0 bridgehead atoms. The van der Waals surface area contributed by atoms with Gasteiger partial charge in [-0.25, -0.2) is 13.2 Å². The van der Waals surface area contributed by atoms with Gasteiger partial charge in [-0.1, -0.05) is 18.2 Å². The second-order valence-corrected chi connectivity index (χ2v) is 7.47. The van der Waals surface area contributed by atoms with Gasteiger partial charge in [-0.3, -0.25) is 4.79 Å². The Hall–Kier alpha value is -3.48. The van der Waals surface area contributed by atoms with Crippen LogP contribution >= 0.6 is 0 Å². The van der Waals surface area contributed by atoms with Crippen molar-refractivity contribution in [3.63, 3.8) is 0 Å². The largest absolute Gasteiger partial charge is 0.483 e. The van der Waals surface area contributed by atoms with Crippen LogP contribution in [0.5, 0.6) is 5.75 Å². The van der Waals surface area contributed by atoms with Crippen molar-refractivity contribution in [1.82, 2.24) is 4.90 Å². The molecule has 4 rings (SSSR count). The van der Waals surface area contributed by atoms with E-state index in [9.17, 15) is 18.0 Å². The summed E-state index contributed by atoms with van der Waals surface area (Å²) < 4.78 is 47.6. The zero-order chi connectivity index (χ0) is 22.0. The van der Waals surface area contributed by atoms with Crippen LogP contribution in [0.3, 0.4) is 0 Å². The van der Waals surface area contributed by atoms with Crippen molar-refractivity contribution >= 4 is 11.6 Å². The minimum absolute atomic E-state index is 0.0807. The zero-order valence-electron chi connectivity index (χ0n) is 16.6. The molecule has 0 aromatic heterocycles. The highest BCUT2D eigenvalue weighted by atomic mass is 19.2. The highest BCUT2D eigenvalue weighted by molar-refractivity contribution is 5.78. The molecule has 1 fully saturated rings. The quantitative estimate of drug-likeness (QED) is 0.554. The third-order valence-corrected chi connectivity index (χ3v) is 5.36. The molecule has 1 amide bonds. The molecule has 7 heteroatoms. The molecule has 0 saturated carbocycles. The molecule has 1 saturated heterocycles. The summed E-state index contributed by atoms with van der Waals surface area (Å²) in [6.45, 7) is 0.478. The Morgan fingerprint density at radius 1 is 0.871 bits per heavy atom. The molecular formula is C24H21F3N2O2. The van der Waals surface area contributed by atoms with E-state index in [0.29, 0.717) is 42.0 Å². The summed E-state index contributed by atoms with van der Waals surface area (Å²) >= 11 is 0. The average Bonchev–Trinajstić information content (AvgIpc) is 3.18. The number of rotatable bonds is 6. The van der Waals surface area contributed by atoms with Crippen LogP contribution in [0, 0.1) is 17.5 Å². The van der Waals surface area contributed by atoms with Gasteiger partial charge >= 0.3 is 0 Å². The van der Waals surface area contributed by atoms with E-state index in [2.05, 4.69) is 0 Å². The van der Waals surface area contributed by atoms with Crippen molar-refractivity contribution in [2.24, 2.45) is 0 Å². The molecule has 31 heavy (non-hydrogen) atoms. The molecular weight excluding hydrogens is 405 g/mol. The van der Waals surface area contributed by atoms with Gasteiger partial charge in [0.15, 0.2) is 11.6 Å². The first-order valence-corrected chi connectivity index (χ1v) is 9.94. The molecule has 2 atom stereocenters. The van der Waals surface area contributed by atoms with Gasteiger partial charge < -0.3 is 15.4 Å². The number of anilines is 1. The van der Waals surface area contributed by atoms with Crippen LogP contribution in [0.2, 0.25) is 0 Å². The van der Waals surface area contributed by atoms with E-state index >= 15 is 0 Å². The summed E-state index contributed by atoms with van der Waals surface area (Å²) in [5.41, 5.74) is 7.27. The number of benzene rings is 3. The van der Waals surface area contributed by atoms with Crippen molar-refractivity contribution in [3.8, 4) is 5.75 Å². The van der Waals surface area contributed by atoms with E-state index in [4.69, 9.17) is 10.5 Å². The van der Waals surface area contributed by atoms with E-state index in [-0.39, 0.29) is 5.91 Å². The van der Waals surface area contributed by atoms with Crippen LogP contribution < -0.4 is 10.5 Å². The van der Waals surface area contributed by atoms with Gasteiger partial charge in [0.05, 0.1) is 6.04 Å². The molecule has 3 aromatic rings. The molecule has 1 aliphatic rings. The molecule has 0 unspecified atom stereocenters. The maximum Gasteiger partial charge on any atom is 0.223 e. The SMILES string of the molecule is Nc1ccc(O[C@@H](c2ccc(F)c(F)c2)[C@H](c2ccc(F)cc2)N2CCCC2=O)cc1. The minimum atomic E-state index is -1.02. The van der Waals surface area contributed by atoms with Gasteiger partial charge in [0.1, 0.15) is 17.7 Å². The van der Waals surface area contributed by atoms with Crippen LogP contribution in [0.15, 0.2) is 66.7 Å². The lowest BCUT2D eigenvalue weighted by molar-refractivity contribution is -0.131. The van der Waals surface area contributed by atoms with Crippen molar-refractivity contribution in [1.29, 1.82) is 0 Å². The predicted molar refractivity (Wildman–Crippen MR) is 111 cm³/mol.